The normalized spacial score (nSPS) is 19.4. The molecule has 1 aliphatic carbocycles. The van der Waals surface area contributed by atoms with Crippen LogP contribution in [-0.2, 0) is 9.47 Å². The molecule has 1 aliphatic rings. The molecule has 0 amide bonds. The lowest BCUT2D eigenvalue weighted by atomic mass is 10.0. The first kappa shape index (κ1) is 13.7. The minimum Gasteiger partial charge on any atom is -0.358 e. The summed E-state index contributed by atoms with van der Waals surface area (Å²) in [5, 5.41) is 2.38. The zero-order chi connectivity index (χ0) is 14.8. The van der Waals surface area contributed by atoms with Gasteiger partial charge >= 0.3 is 0 Å². The zero-order valence-corrected chi connectivity index (χ0v) is 11.9. The van der Waals surface area contributed by atoms with Crippen LogP contribution in [0.5, 0.6) is 0 Å². The van der Waals surface area contributed by atoms with Gasteiger partial charge in [-0.1, -0.05) is 36.1 Å². The Kier molecular flexibility index (Phi) is 3.67. The van der Waals surface area contributed by atoms with Gasteiger partial charge in [-0.2, -0.15) is 0 Å². The molecule has 3 rings (SSSR count). The summed E-state index contributed by atoms with van der Waals surface area (Å²) in [5.74, 6) is 5.05. The molecular weight excluding hydrogens is 260 g/mol. The lowest BCUT2D eigenvalue weighted by Crippen LogP contribution is -2.13. The van der Waals surface area contributed by atoms with Crippen molar-refractivity contribution in [3.05, 3.63) is 47.0 Å². The zero-order valence-electron chi connectivity index (χ0n) is 11.9. The van der Waals surface area contributed by atoms with Crippen LogP contribution in [0.1, 0.15) is 28.9 Å². The van der Waals surface area contributed by atoms with Crippen LogP contribution in [0.25, 0.3) is 10.8 Å². The number of ether oxygens (including phenoxy) is 2. The second-order valence-corrected chi connectivity index (χ2v) is 5.10. The van der Waals surface area contributed by atoms with E-state index in [0.717, 1.165) is 5.56 Å². The smallest absolute Gasteiger partial charge is 0.115 e. The summed E-state index contributed by atoms with van der Waals surface area (Å²) in [6, 6.07) is 10.4. The van der Waals surface area contributed by atoms with Crippen LogP contribution in [0.4, 0.5) is 0 Å². The average molecular weight is 276 g/mol. The highest BCUT2D eigenvalue weighted by atomic mass is 16.5. The first-order chi connectivity index (χ1) is 10.3. The predicted molar refractivity (Wildman–Crippen MR) is 83.7 cm³/mol. The van der Waals surface area contributed by atoms with E-state index in [0.29, 0.717) is 0 Å². The van der Waals surface area contributed by atoms with Gasteiger partial charge in [0.1, 0.15) is 25.4 Å². The van der Waals surface area contributed by atoms with Gasteiger partial charge in [-0.15, -0.1) is 12.8 Å². The number of terminal acetylenes is 2. The monoisotopic (exact) mass is 276 g/mol. The highest BCUT2D eigenvalue weighted by Crippen LogP contribution is 2.49. The highest BCUT2D eigenvalue weighted by Gasteiger charge is 2.37. The van der Waals surface area contributed by atoms with Crippen molar-refractivity contribution in [3.63, 3.8) is 0 Å². The summed E-state index contributed by atoms with van der Waals surface area (Å²) >= 11 is 0. The van der Waals surface area contributed by atoms with Crippen LogP contribution in [0, 0.1) is 31.6 Å². The SMILES string of the molecule is C#CCOC1c2cc3ccccc3c(c2C)C1OCC#C. The Morgan fingerprint density at radius 2 is 1.71 bits per heavy atom. The van der Waals surface area contributed by atoms with E-state index in [1.807, 2.05) is 12.1 Å². The fourth-order valence-corrected chi connectivity index (χ4v) is 3.10. The van der Waals surface area contributed by atoms with Crippen LogP contribution in [0.15, 0.2) is 30.3 Å². The molecule has 2 aromatic rings. The lowest BCUT2D eigenvalue weighted by Gasteiger charge is -2.20. The van der Waals surface area contributed by atoms with Crippen molar-refractivity contribution in [1.82, 2.24) is 0 Å². The number of hydrogen-bond donors (Lipinski definition) is 0. The minimum absolute atomic E-state index is 0.184. The van der Waals surface area contributed by atoms with Crippen LogP contribution in [-0.4, -0.2) is 13.2 Å². The number of rotatable bonds is 4. The van der Waals surface area contributed by atoms with Crippen LogP contribution in [0.2, 0.25) is 0 Å². The van der Waals surface area contributed by atoms with Crippen molar-refractivity contribution in [2.75, 3.05) is 13.2 Å². The summed E-state index contributed by atoms with van der Waals surface area (Å²) in [5.41, 5.74) is 3.51. The quantitative estimate of drug-likeness (QED) is 0.795. The highest BCUT2D eigenvalue weighted by molar-refractivity contribution is 5.89. The molecule has 0 heterocycles. The summed E-state index contributed by atoms with van der Waals surface area (Å²) in [4.78, 5) is 0. The van der Waals surface area contributed by atoms with Gasteiger partial charge in [0.15, 0.2) is 0 Å². The largest absolute Gasteiger partial charge is 0.358 e. The topological polar surface area (TPSA) is 18.5 Å². The molecule has 0 aromatic heterocycles. The number of hydrogen-bond acceptors (Lipinski definition) is 2. The Labute approximate surface area is 125 Å². The van der Waals surface area contributed by atoms with Gasteiger partial charge in [0, 0.05) is 0 Å². The third-order valence-corrected chi connectivity index (χ3v) is 3.96. The van der Waals surface area contributed by atoms with E-state index in [9.17, 15) is 0 Å². The van der Waals surface area contributed by atoms with Crippen molar-refractivity contribution < 1.29 is 9.47 Å². The molecule has 0 aliphatic heterocycles. The van der Waals surface area contributed by atoms with Crippen molar-refractivity contribution in [2.45, 2.75) is 19.1 Å². The molecule has 2 bridgehead atoms. The molecule has 2 heteroatoms. The van der Waals surface area contributed by atoms with Gasteiger partial charge < -0.3 is 9.47 Å². The standard InChI is InChI=1S/C19H16O2/c1-4-10-20-18-16-12-14-8-6-7-9-15(14)17(13(16)3)19(18)21-11-5-2/h1-2,6-9,12,18-19H,10-11H2,3H3. The van der Waals surface area contributed by atoms with E-state index in [4.69, 9.17) is 22.3 Å². The van der Waals surface area contributed by atoms with E-state index in [1.54, 1.807) is 0 Å². The molecule has 2 atom stereocenters. The molecule has 0 spiro atoms. The second kappa shape index (κ2) is 5.62. The van der Waals surface area contributed by atoms with E-state index in [2.05, 4.69) is 37.0 Å². The van der Waals surface area contributed by atoms with Crippen molar-refractivity contribution in [3.8, 4) is 24.7 Å². The lowest BCUT2D eigenvalue weighted by molar-refractivity contribution is -0.0528. The molecule has 0 N–H and O–H groups in total. The first-order valence-corrected chi connectivity index (χ1v) is 6.90. The summed E-state index contributed by atoms with van der Waals surface area (Å²) in [6.07, 6.45) is 10.3. The van der Waals surface area contributed by atoms with Gasteiger partial charge in [0.2, 0.25) is 0 Å². The van der Waals surface area contributed by atoms with E-state index < -0.39 is 0 Å². The molecule has 104 valence electrons. The van der Waals surface area contributed by atoms with Gasteiger partial charge in [0.05, 0.1) is 0 Å². The van der Waals surface area contributed by atoms with Crippen molar-refractivity contribution >= 4 is 10.8 Å². The maximum atomic E-state index is 5.87. The van der Waals surface area contributed by atoms with E-state index in [1.165, 1.54) is 21.9 Å². The summed E-state index contributed by atoms with van der Waals surface area (Å²) in [7, 11) is 0. The molecule has 0 radical (unpaired) electrons. The minimum atomic E-state index is -0.190. The van der Waals surface area contributed by atoms with Crippen LogP contribution >= 0.6 is 0 Å². The summed E-state index contributed by atoms with van der Waals surface area (Å²) < 4.78 is 11.7. The van der Waals surface area contributed by atoms with Crippen molar-refractivity contribution in [1.29, 1.82) is 0 Å². The number of benzene rings is 2. The van der Waals surface area contributed by atoms with E-state index in [-0.39, 0.29) is 25.4 Å². The van der Waals surface area contributed by atoms with Gasteiger partial charge in [-0.05, 0) is 40.5 Å². The summed E-state index contributed by atoms with van der Waals surface area (Å²) in [6.45, 7) is 2.62. The van der Waals surface area contributed by atoms with E-state index >= 15 is 0 Å². The fourth-order valence-electron chi connectivity index (χ4n) is 3.10. The fraction of sp³-hybridized carbons (Fsp3) is 0.263. The van der Waals surface area contributed by atoms with Crippen LogP contribution in [0.3, 0.4) is 0 Å². The van der Waals surface area contributed by atoms with Gasteiger partial charge in [-0.3, -0.25) is 0 Å². The molecule has 2 nitrogen and oxygen atoms in total. The Bertz CT molecular complexity index is 761. The Morgan fingerprint density at radius 1 is 1.05 bits per heavy atom. The predicted octanol–water partition coefficient (Wildman–Crippen LogP) is 3.54. The molecule has 0 saturated carbocycles. The van der Waals surface area contributed by atoms with Gasteiger partial charge in [0.25, 0.3) is 0 Å². The molecule has 21 heavy (non-hydrogen) atoms. The third kappa shape index (κ3) is 2.20. The molecular formula is C19H16O2. The maximum absolute atomic E-state index is 5.87. The van der Waals surface area contributed by atoms with Crippen molar-refractivity contribution in [2.24, 2.45) is 0 Å². The molecule has 0 saturated heterocycles. The Hall–Kier alpha value is -2.26. The Morgan fingerprint density at radius 3 is 2.43 bits per heavy atom. The second-order valence-electron chi connectivity index (χ2n) is 5.10. The average Bonchev–Trinajstić information content (AvgIpc) is 2.67. The van der Waals surface area contributed by atoms with Crippen LogP contribution < -0.4 is 0 Å². The first-order valence-electron chi connectivity index (χ1n) is 6.90. The Balaban J connectivity index is 2.13. The number of fused-ring (bicyclic) bond motifs is 4. The molecule has 0 fully saturated rings. The molecule has 2 unspecified atom stereocenters. The molecule has 2 aromatic carbocycles. The maximum Gasteiger partial charge on any atom is 0.115 e. The third-order valence-electron chi connectivity index (χ3n) is 3.96. The van der Waals surface area contributed by atoms with Gasteiger partial charge in [-0.25, -0.2) is 0 Å².